The summed E-state index contributed by atoms with van der Waals surface area (Å²) in [5.74, 6) is 0.591. The number of nitrogens with one attached hydrogen (secondary N) is 1. The molecule has 0 saturated carbocycles. The molecule has 0 unspecified atom stereocenters. The number of piperidine rings is 1. The molecule has 0 spiro atoms. The second-order valence-corrected chi connectivity index (χ2v) is 4.58. The molecule has 0 bridgehead atoms. The Hall–Kier alpha value is -0.900. The topological polar surface area (TPSA) is 44.7 Å². The van der Waals surface area contributed by atoms with E-state index >= 15 is 0 Å². The molecule has 15 heavy (non-hydrogen) atoms. The molecule has 1 saturated heterocycles. The zero-order chi connectivity index (χ0) is 11.3. The Bertz CT molecular complexity index is 230. The first-order chi connectivity index (χ1) is 7.09. The quantitative estimate of drug-likeness (QED) is 0.561. The van der Waals surface area contributed by atoms with Gasteiger partial charge in [-0.1, -0.05) is 13.8 Å². The SMILES string of the molecule is CC(C)/C=N/NC(=O)C1CCN(C)CC1. The van der Waals surface area contributed by atoms with Crippen molar-refractivity contribution < 1.29 is 4.79 Å². The van der Waals surface area contributed by atoms with Gasteiger partial charge in [-0.2, -0.15) is 5.10 Å². The largest absolute Gasteiger partial charge is 0.306 e. The van der Waals surface area contributed by atoms with Gasteiger partial charge in [0.2, 0.25) is 5.91 Å². The van der Waals surface area contributed by atoms with E-state index in [1.807, 2.05) is 13.8 Å². The smallest absolute Gasteiger partial charge is 0.243 e. The lowest BCUT2D eigenvalue weighted by Crippen LogP contribution is -2.37. The fraction of sp³-hybridized carbons (Fsp3) is 0.818. The summed E-state index contributed by atoms with van der Waals surface area (Å²) in [6.07, 6.45) is 3.64. The molecule has 1 heterocycles. The minimum absolute atomic E-state index is 0.0694. The van der Waals surface area contributed by atoms with Gasteiger partial charge in [-0.3, -0.25) is 4.79 Å². The highest BCUT2D eigenvalue weighted by Gasteiger charge is 2.22. The second kappa shape index (κ2) is 5.85. The van der Waals surface area contributed by atoms with E-state index in [9.17, 15) is 4.79 Å². The number of hydrazone groups is 1. The highest BCUT2D eigenvalue weighted by Crippen LogP contribution is 2.15. The van der Waals surface area contributed by atoms with Gasteiger partial charge in [0.25, 0.3) is 0 Å². The summed E-state index contributed by atoms with van der Waals surface area (Å²) in [5, 5.41) is 3.93. The maximum atomic E-state index is 11.6. The molecule has 86 valence electrons. The Morgan fingerprint density at radius 2 is 2.07 bits per heavy atom. The number of hydrogen-bond acceptors (Lipinski definition) is 3. The highest BCUT2D eigenvalue weighted by atomic mass is 16.2. The maximum absolute atomic E-state index is 11.6. The van der Waals surface area contributed by atoms with Gasteiger partial charge in [-0.15, -0.1) is 0 Å². The van der Waals surface area contributed by atoms with Gasteiger partial charge in [0, 0.05) is 12.1 Å². The number of nitrogens with zero attached hydrogens (tertiary/aromatic N) is 2. The lowest BCUT2D eigenvalue weighted by molar-refractivity contribution is -0.126. The third-order valence-corrected chi connectivity index (χ3v) is 2.64. The van der Waals surface area contributed by atoms with Crippen LogP contribution in [0, 0.1) is 11.8 Å². The molecule has 1 aliphatic rings. The fourth-order valence-electron chi connectivity index (χ4n) is 1.61. The van der Waals surface area contributed by atoms with Crippen LogP contribution in [0.5, 0.6) is 0 Å². The summed E-state index contributed by atoms with van der Waals surface area (Å²) < 4.78 is 0. The van der Waals surface area contributed by atoms with Gasteiger partial charge in [0.1, 0.15) is 0 Å². The predicted molar refractivity (Wildman–Crippen MR) is 61.7 cm³/mol. The first-order valence-corrected chi connectivity index (χ1v) is 5.61. The molecule has 0 aromatic rings. The van der Waals surface area contributed by atoms with Crippen molar-refractivity contribution in [3.8, 4) is 0 Å². The first kappa shape index (κ1) is 12.2. The number of likely N-dealkylation sites (tertiary alicyclic amines) is 1. The van der Waals surface area contributed by atoms with Crippen LogP contribution in [0.3, 0.4) is 0 Å². The van der Waals surface area contributed by atoms with Crippen LogP contribution in [0.15, 0.2) is 5.10 Å². The standard InChI is InChI=1S/C11H21N3O/c1-9(2)8-12-13-11(15)10-4-6-14(3)7-5-10/h8-10H,4-7H2,1-3H3,(H,13,15)/b12-8+. The van der Waals surface area contributed by atoms with Gasteiger partial charge in [0.05, 0.1) is 0 Å². The first-order valence-electron chi connectivity index (χ1n) is 5.61. The number of rotatable bonds is 3. The van der Waals surface area contributed by atoms with E-state index in [-0.39, 0.29) is 11.8 Å². The van der Waals surface area contributed by atoms with Crippen LogP contribution in [0.4, 0.5) is 0 Å². The van der Waals surface area contributed by atoms with E-state index in [4.69, 9.17) is 0 Å². The summed E-state index contributed by atoms with van der Waals surface area (Å²) in [6.45, 7) is 6.08. The molecular weight excluding hydrogens is 190 g/mol. The minimum Gasteiger partial charge on any atom is -0.306 e. The van der Waals surface area contributed by atoms with Crippen molar-refractivity contribution in [2.45, 2.75) is 26.7 Å². The van der Waals surface area contributed by atoms with Gasteiger partial charge >= 0.3 is 0 Å². The van der Waals surface area contributed by atoms with Crippen LogP contribution in [-0.2, 0) is 4.79 Å². The van der Waals surface area contributed by atoms with Gasteiger partial charge in [-0.25, -0.2) is 5.43 Å². The summed E-state index contributed by atoms with van der Waals surface area (Å²) in [4.78, 5) is 13.9. The summed E-state index contributed by atoms with van der Waals surface area (Å²) in [7, 11) is 2.09. The number of hydrogen-bond donors (Lipinski definition) is 1. The van der Waals surface area contributed by atoms with E-state index in [0.717, 1.165) is 25.9 Å². The number of carbonyl (C=O) groups excluding carboxylic acids is 1. The Kier molecular flexibility index (Phi) is 4.75. The molecule has 1 rings (SSSR count). The van der Waals surface area contributed by atoms with Crippen LogP contribution in [0.25, 0.3) is 0 Å². The molecule has 0 atom stereocenters. The molecular formula is C11H21N3O. The van der Waals surface area contributed by atoms with E-state index in [1.54, 1.807) is 6.21 Å². The van der Waals surface area contributed by atoms with E-state index in [1.165, 1.54) is 0 Å². The fourth-order valence-corrected chi connectivity index (χ4v) is 1.61. The Morgan fingerprint density at radius 3 is 2.60 bits per heavy atom. The van der Waals surface area contributed by atoms with Crippen LogP contribution in [0.1, 0.15) is 26.7 Å². The second-order valence-electron chi connectivity index (χ2n) is 4.58. The Morgan fingerprint density at radius 1 is 1.47 bits per heavy atom. The normalized spacial score (nSPS) is 20.0. The molecule has 1 fully saturated rings. The van der Waals surface area contributed by atoms with Crippen LogP contribution < -0.4 is 5.43 Å². The van der Waals surface area contributed by atoms with Crippen LogP contribution in [-0.4, -0.2) is 37.2 Å². The molecule has 4 heteroatoms. The van der Waals surface area contributed by atoms with Crippen molar-refractivity contribution in [2.24, 2.45) is 16.9 Å². The van der Waals surface area contributed by atoms with Crippen molar-refractivity contribution in [3.05, 3.63) is 0 Å². The Labute approximate surface area is 91.7 Å². The van der Waals surface area contributed by atoms with E-state index in [0.29, 0.717) is 5.92 Å². The molecule has 1 N–H and O–H groups in total. The van der Waals surface area contributed by atoms with E-state index in [2.05, 4.69) is 22.5 Å². The van der Waals surface area contributed by atoms with Crippen LogP contribution >= 0.6 is 0 Å². The van der Waals surface area contributed by atoms with Crippen molar-refractivity contribution in [2.75, 3.05) is 20.1 Å². The average molecular weight is 211 g/mol. The van der Waals surface area contributed by atoms with Crippen molar-refractivity contribution in [1.29, 1.82) is 0 Å². The molecule has 1 aliphatic heterocycles. The molecule has 0 radical (unpaired) electrons. The summed E-state index contributed by atoms with van der Waals surface area (Å²) in [6, 6.07) is 0. The van der Waals surface area contributed by atoms with Crippen molar-refractivity contribution >= 4 is 12.1 Å². The van der Waals surface area contributed by atoms with Gasteiger partial charge < -0.3 is 4.90 Å². The third kappa shape index (κ3) is 4.42. The third-order valence-electron chi connectivity index (χ3n) is 2.64. The van der Waals surface area contributed by atoms with Gasteiger partial charge in [0.15, 0.2) is 0 Å². The van der Waals surface area contributed by atoms with Crippen LogP contribution in [0.2, 0.25) is 0 Å². The maximum Gasteiger partial charge on any atom is 0.243 e. The highest BCUT2D eigenvalue weighted by molar-refractivity contribution is 5.79. The van der Waals surface area contributed by atoms with Gasteiger partial charge in [-0.05, 0) is 38.9 Å². The zero-order valence-corrected chi connectivity index (χ0v) is 9.86. The van der Waals surface area contributed by atoms with Crippen molar-refractivity contribution in [1.82, 2.24) is 10.3 Å². The monoisotopic (exact) mass is 211 g/mol. The van der Waals surface area contributed by atoms with Crippen molar-refractivity contribution in [3.63, 3.8) is 0 Å². The molecule has 1 amide bonds. The lowest BCUT2D eigenvalue weighted by Gasteiger charge is -2.27. The number of amides is 1. The molecule has 0 aromatic carbocycles. The summed E-state index contributed by atoms with van der Waals surface area (Å²) >= 11 is 0. The summed E-state index contributed by atoms with van der Waals surface area (Å²) in [5.41, 5.74) is 2.61. The molecule has 4 nitrogen and oxygen atoms in total. The van der Waals surface area contributed by atoms with E-state index < -0.39 is 0 Å². The molecule has 0 aliphatic carbocycles. The lowest BCUT2D eigenvalue weighted by atomic mass is 9.97. The predicted octanol–water partition coefficient (Wildman–Crippen LogP) is 1.09. The minimum atomic E-state index is 0.0694. The average Bonchev–Trinajstić information content (AvgIpc) is 2.18. The zero-order valence-electron chi connectivity index (χ0n) is 9.86. The molecule has 0 aromatic heterocycles. The Balaban J connectivity index is 2.28. The number of carbonyl (C=O) groups is 1.